The van der Waals surface area contributed by atoms with Crippen LogP contribution in [0.5, 0.6) is 0 Å². The van der Waals surface area contributed by atoms with Crippen LogP contribution in [-0.2, 0) is 9.47 Å². The Bertz CT molecular complexity index is 333. The van der Waals surface area contributed by atoms with Gasteiger partial charge in [0.25, 0.3) is 0 Å². The third kappa shape index (κ3) is 4.97. The summed E-state index contributed by atoms with van der Waals surface area (Å²) in [5, 5.41) is 3.20. The molecular weight excluding hydrogens is 220 g/mol. The van der Waals surface area contributed by atoms with Crippen LogP contribution < -0.4 is 11.1 Å². The van der Waals surface area contributed by atoms with E-state index in [-0.39, 0.29) is 0 Å². The van der Waals surface area contributed by atoms with E-state index >= 15 is 0 Å². The molecule has 0 unspecified atom stereocenters. The van der Waals surface area contributed by atoms with Crippen LogP contribution in [0.3, 0.4) is 0 Å². The lowest BCUT2D eigenvalue weighted by atomic mass is 10.3. The zero-order chi connectivity index (χ0) is 12.5. The highest BCUT2D eigenvalue weighted by Gasteiger charge is 2.02. The van der Waals surface area contributed by atoms with E-state index in [1.807, 2.05) is 6.92 Å². The largest absolute Gasteiger partial charge is 0.383 e. The summed E-state index contributed by atoms with van der Waals surface area (Å²) in [5.41, 5.74) is 6.56. The fourth-order valence-electron chi connectivity index (χ4n) is 1.27. The fraction of sp³-hybridized carbons (Fsp3) is 0.636. The van der Waals surface area contributed by atoms with Crippen molar-refractivity contribution in [1.82, 2.24) is 9.97 Å². The Labute approximate surface area is 102 Å². The summed E-state index contributed by atoms with van der Waals surface area (Å²) in [6.07, 6.45) is 2.37. The molecule has 0 fully saturated rings. The van der Waals surface area contributed by atoms with Gasteiger partial charge in [-0.25, -0.2) is 9.97 Å². The number of methoxy groups -OCH3 is 1. The molecule has 0 aliphatic rings. The number of anilines is 2. The van der Waals surface area contributed by atoms with Gasteiger partial charge in [0.1, 0.15) is 18.0 Å². The summed E-state index contributed by atoms with van der Waals surface area (Å²) in [4.78, 5) is 8.03. The highest BCUT2D eigenvalue weighted by Crippen LogP contribution is 2.14. The van der Waals surface area contributed by atoms with Crippen molar-refractivity contribution >= 4 is 11.6 Å². The normalized spacial score (nSPS) is 10.5. The maximum absolute atomic E-state index is 5.68. The van der Waals surface area contributed by atoms with Gasteiger partial charge in [-0.1, -0.05) is 0 Å². The Balaban J connectivity index is 2.16. The molecule has 3 N–H and O–H groups in total. The maximum atomic E-state index is 5.68. The molecule has 0 atom stereocenters. The number of nitrogen functional groups attached to an aromatic ring is 1. The van der Waals surface area contributed by atoms with Crippen LogP contribution in [0.4, 0.5) is 11.6 Å². The molecule has 0 aliphatic heterocycles. The number of nitrogens with zero attached hydrogens (tertiary/aromatic N) is 2. The zero-order valence-electron chi connectivity index (χ0n) is 10.4. The number of rotatable bonds is 8. The van der Waals surface area contributed by atoms with Crippen molar-refractivity contribution in [3.63, 3.8) is 0 Å². The third-order valence-corrected chi connectivity index (χ3v) is 2.31. The summed E-state index contributed by atoms with van der Waals surface area (Å²) in [7, 11) is 1.66. The lowest BCUT2D eigenvalue weighted by molar-refractivity contribution is 0.0705. The predicted octanol–water partition coefficient (Wildman–Crippen LogP) is 0.832. The lowest BCUT2D eigenvalue weighted by Crippen LogP contribution is -2.10. The first-order valence-corrected chi connectivity index (χ1v) is 5.63. The minimum absolute atomic E-state index is 0.513. The molecule has 1 rings (SSSR count). The van der Waals surface area contributed by atoms with E-state index in [4.69, 9.17) is 15.2 Å². The first-order valence-electron chi connectivity index (χ1n) is 5.63. The van der Waals surface area contributed by atoms with Crippen molar-refractivity contribution in [3.05, 3.63) is 11.9 Å². The quantitative estimate of drug-likeness (QED) is 0.655. The van der Waals surface area contributed by atoms with Crippen molar-refractivity contribution in [2.45, 2.75) is 13.3 Å². The van der Waals surface area contributed by atoms with E-state index in [9.17, 15) is 0 Å². The standard InChI is InChI=1S/C11H20N4O2/c1-9-10(12)14-8-15-11(9)13-4-3-5-17-7-6-16-2/h8H,3-7H2,1-2H3,(H3,12,13,14,15). The fourth-order valence-corrected chi connectivity index (χ4v) is 1.27. The van der Waals surface area contributed by atoms with Gasteiger partial charge in [0.05, 0.1) is 13.2 Å². The minimum atomic E-state index is 0.513. The molecule has 1 heterocycles. The topological polar surface area (TPSA) is 82.3 Å². The second kappa shape index (κ2) is 7.81. The number of aromatic nitrogens is 2. The summed E-state index contributed by atoms with van der Waals surface area (Å²) >= 11 is 0. The van der Waals surface area contributed by atoms with Crippen LogP contribution >= 0.6 is 0 Å². The highest BCUT2D eigenvalue weighted by molar-refractivity contribution is 5.53. The van der Waals surface area contributed by atoms with Crippen molar-refractivity contribution in [2.24, 2.45) is 0 Å². The zero-order valence-corrected chi connectivity index (χ0v) is 10.4. The molecule has 1 aromatic rings. The van der Waals surface area contributed by atoms with Gasteiger partial charge in [-0.3, -0.25) is 0 Å². The molecule has 0 aromatic carbocycles. The molecule has 96 valence electrons. The van der Waals surface area contributed by atoms with Crippen molar-refractivity contribution in [2.75, 3.05) is 44.5 Å². The van der Waals surface area contributed by atoms with Gasteiger partial charge in [-0.15, -0.1) is 0 Å². The van der Waals surface area contributed by atoms with Crippen LogP contribution in [-0.4, -0.2) is 43.4 Å². The van der Waals surface area contributed by atoms with Gasteiger partial charge in [0.2, 0.25) is 0 Å². The van der Waals surface area contributed by atoms with E-state index in [1.54, 1.807) is 7.11 Å². The first kappa shape index (κ1) is 13.7. The summed E-state index contributed by atoms with van der Waals surface area (Å²) in [6, 6.07) is 0. The van der Waals surface area contributed by atoms with E-state index in [0.29, 0.717) is 25.6 Å². The average Bonchev–Trinajstić information content (AvgIpc) is 2.33. The second-order valence-electron chi connectivity index (χ2n) is 3.62. The second-order valence-corrected chi connectivity index (χ2v) is 3.62. The Morgan fingerprint density at radius 2 is 2.12 bits per heavy atom. The molecule has 6 nitrogen and oxygen atoms in total. The van der Waals surface area contributed by atoms with Gasteiger partial charge in [-0.2, -0.15) is 0 Å². The van der Waals surface area contributed by atoms with Gasteiger partial charge < -0.3 is 20.5 Å². The van der Waals surface area contributed by atoms with Crippen LogP contribution in [0.25, 0.3) is 0 Å². The molecule has 1 aromatic heterocycles. The summed E-state index contributed by atoms with van der Waals surface area (Å²) in [5.74, 6) is 1.30. The maximum Gasteiger partial charge on any atom is 0.134 e. The SMILES string of the molecule is COCCOCCCNc1ncnc(N)c1C. The Morgan fingerprint density at radius 3 is 2.88 bits per heavy atom. The summed E-state index contributed by atoms with van der Waals surface area (Å²) < 4.78 is 10.2. The molecule has 0 aliphatic carbocycles. The Morgan fingerprint density at radius 1 is 1.29 bits per heavy atom. The molecule has 0 amide bonds. The van der Waals surface area contributed by atoms with Gasteiger partial charge in [0.15, 0.2) is 0 Å². The number of ether oxygens (including phenoxy) is 2. The minimum Gasteiger partial charge on any atom is -0.383 e. The van der Waals surface area contributed by atoms with E-state index in [1.165, 1.54) is 6.33 Å². The predicted molar refractivity (Wildman–Crippen MR) is 67.0 cm³/mol. The number of nitrogens with two attached hydrogens (primary N) is 1. The molecule has 17 heavy (non-hydrogen) atoms. The molecule has 0 bridgehead atoms. The van der Waals surface area contributed by atoms with E-state index in [0.717, 1.165) is 24.3 Å². The number of nitrogens with one attached hydrogen (secondary N) is 1. The molecular formula is C11H20N4O2. The van der Waals surface area contributed by atoms with Gasteiger partial charge in [0, 0.05) is 25.8 Å². The number of hydrogen-bond donors (Lipinski definition) is 2. The van der Waals surface area contributed by atoms with Crippen molar-refractivity contribution in [1.29, 1.82) is 0 Å². The highest BCUT2D eigenvalue weighted by atomic mass is 16.5. The molecule has 0 saturated heterocycles. The Kier molecular flexibility index (Phi) is 6.27. The van der Waals surface area contributed by atoms with Crippen LogP contribution in [0.1, 0.15) is 12.0 Å². The van der Waals surface area contributed by atoms with Crippen LogP contribution in [0.15, 0.2) is 6.33 Å². The van der Waals surface area contributed by atoms with Crippen molar-refractivity contribution in [3.8, 4) is 0 Å². The number of hydrogen-bond acceptors (Lipinski definition) is 6. The van der Waals surface area contributed by atoms with Gasteiger partial charge >= 0.3 is 0 Å². The molecule has 0 spiro atoms. The van der Waals surface area contributed by atoms with Crippen LogP contribution in [0.2, 0.25) is 0 Å². The van der Waals surface area contributed by atoms with E-state index in [2.05, 4.69) is 15.3 Å². The third-order valence-electron chi connectivity index (χ3n) is 2.31. The molecule has 0 radical (unpaired) electrons. The van der Waals surface area contributed by atoms with Crippen molar-refractivity contribution < 1.29 is 9.47 Å². The molecule has 0 saturated carbocycles. The monoisotopic (exact) mass is 240 g/mol. The van der Waals surface area contributed by atoms with Crippen LogP contribution in [0, 0.1) is 6.92 Å². The van der Waals surface area contributed by atoms with E-state index < -0.39 is 0 Å². The lowest BCUT2D eigenvalue weighted by Gasteiger charge is -2.09. The summed E-state index contributed by atoms with van der Waals surface area (Å²) in [6.45, 7) is 4.66. The molecule has 6 heteroatoms. The first-order chi connectivity index (χ1) is 8.25. The average molecular weight is 240 g/mol. The smallest absolute Gasteiger partial charge is 0.134 e. The van der Waals surface area contributed by atoms with Gasteiger partial charge in [-0.05, 0) is 13.3 Å². The Hall–Kier alpha value is -1.40.